The van der Waals surface area contributed by atoms with Crippen molar-refractivity contribution in [3.63, 3.8) is 0 Å². The maximum atomic E-state index is 13.0. The normalized spacial score (nSPS) is 20.0. The number of aromatic nitrogens is 1. The van der Waals surface area contributed by atoms with Crippen LogP contribution in [0.4, 0.5) is 4.39 Å². The number of morpholine rings is 1. The molecular weight excluding hydrogens is 307 g/mol. The molecule has 1 aliphatic heterocycles. The molecule has 1 aromatic carbocycles. The number of hydrogen-bond acceptors (Lipinski definition) is 4. The van der Waals surface area contributed by atoms with Gasteiger partial charge in [0.25, 0.3) is 0 Å². The van der Waals surface area contributed by atoms with Crippen molar-refractivity contribution >= 4 is 10.0 Å². The van der Waals surface area contributed by atoms with E-state index in [0.717, 1.165) is 12.1 Å². The first-order valence-electron chi connectivity index (χ1n) is 6.85. The molecule has 1 atom stereocenters. The summed E-state index contributed by atoms with van der Waals surface area (Å²) in [5, 5.41) is 0. The summed E-state index contributed by atoms with van der Waals surface area (Å²) in [6, 6.07) is 10.3. The van der Waals surface area contributed by atoms with Crippen LogP contribution in [0.1, 0.15) is 11.8 Å². The Morgan fingerprint density at radius 1 is 1.18 bits per heavy atom. The van der Waals surface area contributed by atoms with Crippen molar-refractivity contribution in [2.75, 3.05) is 19.7 Å². The lowest BCUT2D eigenvalue weighted by molar-refractivity contribution is -0.00493. The van der Waals surface area contributed by atoms with Gasteiger partial charge in [-0.3, -0.25) is 4.98 Å². The van der Waals surface area contributed by atoms with Crippen LogP contribution in [-0.2, 0) is 14.8 Å². The van der Waals surface area contributed by atoms with Crippen molar-refractivity contribution in [3.05, 3.63) is 60.2 Å². The summed E-state index contributed by atoms with van der Waals surface area (Å²) in [7, 11) is -3.66. The second-order valence-electron chi connectivity index (χ2n) is 4.93. The molecule has 0 aliphatic carbocycles. The molecule has 0 unspecified atom stereocenters. The highest BCUT2D eigenvalue weighted by Gasteiger charge is 2.31. The highest BCUT2D eigenvalue weighted by molar-refractivity contribution is 7.89. The average molecular weight is 322 g/mol. The first-order valence-corrected chi connectivity index (χ1v) is 8.29. The number of hydrogen-bond donors (Lipinski definition) is 0. The summed E-state index contributed by atoms with van der Waals surface area (Å²) in [6.45, 7) is 0.751. The molecule has 1 saturated heterocycles. The number of rotatable bonds is 3. The van der Waals surface area contributed by atoms with Crippen LogP contribution in [0.5, 0.6) is 0 Å². The fraction of sp³-hybridized carbons (Fsp3) is 0.267. The van der Waals surface area contributed by atoms with Gasteiger partial charge in [0.15, 0.2) is 0 Å². The molecule has 22 heavy (non-hydrogen) atoms. The van der Waals surface area contributed by atoms with Gasteiger partial charge in [0.05, 0.1) is 17.2 Å². The summed E-state index contributed by atoms with van der Waals surface area (Å²) in [5.74, 6) is -0.465. The minimum Gasteiger partial charge on any atom is -0.369 e. The van der Waals surface area contributed by atoms with Crippen LogP contribution < -0.4 is 0 Å². The first kappa shape index (κ1) is 15.1. The van der Waals surface area contributed by atoms with E-state index in [0.29, 0.717) is 12.3 Å². The second kappa shape index (κ2) is 6.12. The number of ether oxygens (including phenoxy) is 1. The summed E-state index contributed by atoms with van der Waals surface area (Å²) in [5.41, 5.74) is 0.696. The molecule has 1 fully saturated rings. The molecule has 1 aliphatic rings. The van der Waals surface area contributed by atoms with Crippen LogP contribution in [0, 0.1) is 5.82 Å². The quantitative estimate of drug-likeness (QED) is 0.867. The van der Waals surface area contributed by atoms with Crippen LogP contribution in [0.2, 0.25) is 0 Å². The topological polar surface area (TPSA) is 59.5 Å². The first-order chi connectivity index (χ1) is 10.6. The third kappa shape index (κ3) is 3.01. The minimum atomic E-state index is -3.66. The van der Waals surface area contributed by atoms with E-state index in [4.69, 9.17) is 4.74 Å². The van der Waals surface area contributed by atoms with Crippen LogP contribution in [-0.4, -0.2) is 37.4 Å². The fourth-order valence-corrected chi connectivity index (χ4v) is 3.77. The maximum Gasteiger partial charge on any atom is 0.243 e. The SMILES string of the molecule is O=S(=O)(c1ccc(F)cc1)N1CCO[C@@H](c2ccccn2)C1. The molecule has 7 heteroatoms. The molecule has 0 amide bonds. The lowest BCUT2D eigenvalue weighted by Gasteiger charge is -2.31. The van der Waals surface area contributed by atoms with Crippen molar-refractivity contribution in [3.8, 4) is 0 Å². The molecule has 3 rings (SSSR count). The molecule has 0 radical (unpaired) electrons. The maximum absolute atomic E-state index is 13.0. The number of sulfonamides is 1. The Balaban J connectivity index is 1.83. The lowest BCUT2D eigenvalue weighted by Crippen LogP contribution is -2.42. The van der Waals surface area contributed by atoms with E-state index in [-0.39, 0.29) is 18.0 Å². The van der Waals surface area contributed by atoms with Gasteiger partial charge < -0.3 is 4.74 Å². The number of pyridine rings is 1. The predicted molar refractivity (Wildman–Crippen MR) is 78.1 cm³/mol. The van der Waals surface area contributed by atoms with Crippen LogP contribution in [0.3, 0.4) is 0 Å². The van der Waals surface area contributed by atoms with Crippen LogP contribution in [0.25, 0.3) is 0 Å². The average Bonchev–Trinajstić information content (AvgIpc) is 2.56. The molecule has 2 heterocycles. The van der Waals surface area contributed by atoms with Gasteiger partial charge >= 0.3 is 0 Å². The summed E-state index contributed by atoms with van der Waals surface area (Å²) < 4.78 is 45.1. The zero-order valence-electron chi connectivity index (χ0n) is 11.7. The fourth-order valence-electron chi connectivity index (χ4n) is 2.35. The largest absolute Gasteiger partial charge is 0.369 e. The van der Waals surface area contributed by atoms with Gasteiger partial charge in [-0.1, -0.05) is 6.07 Å². The molecular formula is C15H15FN2O3S. The monoisotopic (exact) mass is 322 g/mol. The van der Waals surface area contributed by atoms with Gasteiger partial charge in [-0.15, -0.1) is 0 Å². The van der Waals surface area contributed by atoms with Gasteiger partial charge in [0.1, 0.15) is 11.9 Å². The third-order valence-electron chi connectivity index (χ3n) is 3.50. The van der Waals surface area contributed by atoms with Crippen molar-refractivity contribution in [1.82, 2.24) is 9.29 Å². The van der Waals surface area contributed by atoms with E-state index in [1.807, 2.05) is 6.07 Å². The second-order valence-corrected chi connectivity index (χ2v) is 6.87. The Hall–Kier alpha value is -1.83. The molecule has 0 saturated carbocycles. The van der Waals surface area contributed by atoms with Crippen molar-refractivity contribution in [2.24, 2.45) is 0 Å². The van der Waals surface area contributed by atoms with E-state index in [1.54, 1.807) is 18.3 Å². The van der Waals surface area contributed by atoms with E-state index < -0.39 is 21.9 Å². The molecule has 0 N–H and O–H groups in total. The smallest absolute Gasteiger partial charge is 0.243 e. The Labute approximate surface area is 128 Å². The van der Waals surface area contributed by atoms with Gasteiger partial charge in [-0.05, 0) is 36.4 Å². The number of benzene rings is 1. The van der Waals surface area contributed by atoms with Crippen molar-refractivity contribution < 1.29 is 17.5 Å². The molecule has 2 aromatic rings. The van der Waals surface area contributed by atoms with Gasteiger partial charge in [0, 0.05) is 19.3 Å². The third-order valence-corrected chi connectivity index (χ3v) is 5.38. The van der Waals surface area contributed by atoms with E-state index in [9.17, 15) is 12.8 Å². The van der Waals surface area contributed by atoms with Crippen LogP contribution in [0.15, 0.2) is 53.6 Å². The van der Waals surface area contributed by atoms with E-state index >= 15 is 0 Å². The summed E-state index contributed by atoms with van der Waals surface area (Å²) >= 11 is 0. The van der Waals surface area contributed by atoms with Crippen molar-refractivity contribution in [2.45, 2.75) is 11.0 Å². The highest BCUT2D eigenvalue weighted by Crippen LogP contribution is 2.25. The highest BCUT2D eigenvalue weighted by atomic mass is 32.2. The van der Waals surface area contributed by atoms with Gasteiger partial charge in [0.2, 0.25) is 10.0 Å². The van der Waals surface area contributed by atoms with Gasteiger partial charge in [-0.25, -0.2) is 12.8 Å². The van der Waals surface area contributed by atoms with E-state index in [2.05, 4.69) is 4.98 Å². The van der Waals surface area contributed by atoms with Crippen LogP contribution >= 0.6 is 0 Å². The van der Waals surface area contributed by atoms with Gasteiger partial charge in [-0.2, -0.15) is 4.31 Å². The Morgan fingerprint density at radius 3 is 2.64 bits per heavy atom. The Kier molecular flexibility index (Phi) is 4.19. The molecule has 116 valence electrons. The predicted octanol–water partition coefficient (Wildman–Crippen LogP) is 1.98. The summed E-state index contributed by atoms with van der Waals surface area (Å²) in [4.78, 5) is 4.29. The molecule has 5 nitrogen and oxygen atoms in total. The molecule has 1 aromatic heterocycles. The summed E-state index contributed by atoms with van der Waals surface area (Å²) in [6.07, 6.45) is 1.25. The minimum absolute atomic E-state index is 0.0792. The molecule has 0 bridgehead atoms. The van der Waals surface area contributed by atoms with E-state index in [1.165, 1.54) is 16.4 Å². The number of nitrogens with zero attached hydrogens (tertiary/aromatic N) is 2. The number of halogens is 1. The Bertz CT molecular complexity index is 735. The molecule has 0 spiro atoms. The zero-order valence-corrected chi connectivity index (χ0v) is 12.5. The standard InChI is InChI=1S/C15H15FN2O3S/c16-12-4-6-13(7-5-12)22(19,20)18-9-10-21-15(11-18)14-3-1-2-8-17-14/h1-8,15H,9-11H2/t15-/m1/s1. The Morgan fingerprint density at radius 2 is 1.95 bits per heavy atom. The zero-order chi connectivity index (χ0) is 15.6. The lowest BCUT2D eigenvalue weighted by atomic mass is 10.2. The van der Waals surface area contributed by atoms with Crippen molar-refractivity contribution in [1.29, 1.82) is 0 Å².